The largest absolute Gasteiger partial charge is 0.480 e. The molecule has 0 radical (unpaired) electrons. The summed E-state index contributed by atoms with van der Waals surface area (Å²) in [6.45, 7) is 0.916. The number of carbonyl (C=O) groups is 3. The van der Waals surface area contributed by atoms with E-state index in [9.17, 15) is 14.4 Å². The molecule has 3 amide bonds. The minimum absolute atomic E-state index is 0.316. The molecule has 2 aromatic carbocycles. The second kappa shape index (κ2) is 9.59. The lowest BCUT2D eigenvalue weighted by Gasteiger charge is -2.13. The van der Waals surface area contributed by atoms with Gasteiger partial charge in [-0.15, -0.1) is 0 Å². The third-order valence-corrected chi connectivity index (χ3v) is 3.82. The fourth-order valence-electron chi connectivity index (χ4n) is 2.13. The van der Waals surface area contributed by atoms with Crippen molar-refractivity contribution < 1.29 is 23.9 Å². The molecule has 0 heterocycles. The second-order valence-electron chi connectivity index (χ2n) is 5.50. The molecule has 0 saturated carbocycles. The lowest BCUT2D eigenvalue weighted by Crippen LogP contribution is -2.43. The maximum Gasteiger partial charge on any atom is 0.344 e. The lowest BCUT2D eigenvalue weighted by molar-refractivity contribution is -0.156. The summed E-state index contributed by atoms with van der Waals surface area (Å²) < 4.78 is 10.3. The van der Waals surface area contributed by atoms with Crippen molar-refractivity contribution in [1.82, 2.24) is 10.6 Å². The maximum absolute atomic E-state index is 11.8. The van der Waals surface area contributed by atoms with Crippen molar-refractivity contribution in [2.75, 3.05) is 13.7 Å². The van der Waals surface area contributed by atoms with Gasteiger partial charge in [0.15, 0.2) is 12.7 Å². The van der Waals surface area contributed by atoms with E-state index in [1.807, 2.05) is 41.7 Å². The molecule has 7 nitrogen and oxygen atoms in total. The smallest absolute Gasteiger partial charge is 0.344 e. The highest BCUT2D eigenvalue weighted by molar-refractivity contribution is 6.32. The molecule has 0 bridgehead atoms. The normalized spacial score (nSPS) is 11.2. The number of halogens is 1. The third kappa shape index (κ3) is 6.00. The Morgan fingerprint density at radius 3 is 2.41 bits per heavy atom. The molecule has 0 saturated heterocycles. The van der Waals surface area contributed by atoms with Gasteiger partial charge in [-0.2, -0.15) is 0 Å². The van der Waals surface area contributed by atoms with Crippen LogP contribution in [0.5, 0.6) is 5.75 Å². The number of esters is 1. The van der Waals surface area contributed by atoms with E-state index in [2.05, 4.69) is 5.32 Å². The number of carbonyl (C=O) groups excluding carboxylic acids is 3. The minimum atomic E-state index is -1.14. The van der Waals surface area contributed by atoms with Gasteiger partial charge in [-0.25, -0.2) is 9.59 Å². The maximum atomic E-state index is 11.8. The van der Waals surface area contributed by atoms with E-state index in [-0.39, 0.29) is 0 Å². The van der Waals surface area contributed by atoms with Gasteiger partial charge in [0.25, 0.3) is 5.91 Å². The predicted molar refractivity (Wildman–Crippen MR) is 101 cm³/mol. The summed E-state index contributed by atoms with van der Waals surface area (Å²) >= 11 is 6.21. The van der Waals surface area contributed by atoms with Crippen LogP contribution < -0.4 is 15.4 Å². The Kier molecular flexibility index (Phi) is 7.19. The van der Waals surface area contributed by atoms with Crippen LogP contribution in [0.25, 0.3) is 11.1 Å². The third-order valence-electron chi connectivity index (χ3n) is 3.53. The van der Waals surface area contributed by atoms with Crippen LogP contribution in [0.15, 0.2) is 48.5 Å². The Morgan fingerprint density at radius 1 is 1.07 bits per heavy atom. The topological polar surface area (TPSA) is 93.7 Å². The van der Waals surface area contributed by atoms with E-state index in [1.165, 1.54) is 14.0 Å². The number of amides is 3. The number of ether oxygens (including phenoxy) is 2. The molecular formula is C19H19ClN2O5. The summed E-state index contributed by atoms with van der Waals surface area (Å²) in [5.74, 6) is -1.19. The van der Waals surface area contributed by atoms with Gasteiger partial charge in [0.1, 0.15) is 5.75 Å². The molecule has 0 unspecified atom stereocenters. The van der Waals surface area contributed by atoms with Gasteiger partial charge in [-0.1, -0.05) is 48.0 Å². The monoisotopic (exact) mass is 390 g/mol. The molecule has 0 fully saturated rings. The number of urea groups is 1. The zero-order chi connectivity index (χ0) is 19.8. The van der Waals surface area contributed by atoms with Crippen molar-refractivity contribution in [2.45, 2.75) is 13.0 Å². The molecule has 0 aliphatic heterocycles. The summed E-state index contributed by atoms with van der Waals surface area (Å²) in [7, 11) is 1.36. The van der Waals surface area contributed by atoms with Gasteiger partial charge < -0.3 is 14.8 Å². The molecule has 0 aliphatic rings. The fourth-order valence-corrected chi connectivity index (χ4v) is 2.36. The SMILES string of the molecule is CNC(=O)NC(=O)[C@@H](C)OC(=O)COc1ccc(-c2ccccc2)cc1Cl. The molecule has 8 heteroatoms. The fraction of sp³-hybridized carbons (Fsp3) is 0.211. The highest BCUT2D eigenvalue weighted by Crippen LogP contribution is 2.30. The van der Waals surface area contributed by atoms with E-state index in [4.69, 9.17) is 21.1 Å². The molecule has 0 aliphatic carbocycles. The predicted octanol–water partition coefficient (Wildman–Crippen LogP) is 2.77. The van der Waals surface area contributed by atoms with Gasteiger partial charge >= 0.3 is 12.0 Å². The van der Waals surface area contributed by atoms with Crippen LogP contribution in [0, 0.1) is 0 Å². The first-order chi connectivity index (χ1) is 12.9. The van der Waals surface area contributed by atoms with E-state index >= 15 is 0 Å². The Hall–Kier alpha value is -3.06. The average molecular weight is 391 g/mol. The van der Waals surface area contributed by atoms with Crippen LogP contribution in [-0.2, 0) is 14.3 Å². The molecule has 142 valence electrons. The first-order valence-corrected chi connectivity index (χ1v) is 8.48. The Bertz CT molecular complexity index is 826. The summed E-state index contributed by atoms with van der Waals surface area (Å²) in [5, 5.41) is 4.58. The van der Waals surface area contributed by atoms with Crippen molar-refractivity contribution >= 4 is 29.5 Å². The standard InChI is InChI=1S/C19H19ClN2O5/c1-12(18(24)22-19(25)21-2)27-17(23)11-26-16-9-8-14(10-15(16)20)13-6-4-3-5-7-13/h3-10,12H,11H2,1-2H3,(H2,21,22,24,25)/t12-/m1/s1. The van der Waals surface area contributed by atoms with Gasteiger partial charge in [-0.3, -0.25) is 10.1 Å². The molecular weight excluding hydrogens is 372 g/mol. The summed E-state index contributed by atoms with van der Waals surface area (Å²) in [4.78, 5) is 34.5. The van der Waals surface area contributed by atoms with Crippen molar-refractivity contribution in [1.29, 1.82) is 0 Å². The van der Waals surface area contributed by atoms with Gasteiger partial charge in [-0.05, 0) is 30.2 Å². The van der Waals surface area contributed by atoms with Crippen LogP contribution >= 0.6 is 11.6 Å². The number of hydrogen-bond donors (Lipinski definition) is 2. The van der Waals surface area contributed by atoms with Gasteiger partial charge in [0.2, 0.25) is 0 Å². The summed E-state index contributed by atoms with van der Waals surface area (Å²) in [6.07, 6.45) is -1.14. The quantitative estimate of drug-likeness (QED) is 0.740. The lowest BCUT2D eigenvalue weighted by atomic mass is 10.1. The number of nitrogens with one attached hydrogen (secondary N) is 2. The highest BCUT2D eigenvalue weighted by Gasteiger charge is 2.20. The van der Waals surface area contributed by atoms with E-state index in [0.29, 0.717) is 10.8 Å². The first-order valence-electron chi connectivity index (χ1n) is 8.10. The Balaban J connectivity index is 1.89. The summed E-state index contributed by atoms with van der Waals surface area (Å²) in [5.41, 5.74) is 1.91. The zero-order valence-corrected chi connectivity index (χ0v) is 15.6. The molecule has 27 heavy (non-hydrogen) atoms. The Labute approximate surface area is 161 Å². The second-order valence-corrected chi connectivity index (χ2v) is 5.91. The van der Waals surface area contributed by atoms with Crippen molar-refractivity contribution in [3.63, 3.8) is 0 Å². The summed E-state index contributed by atoms with van der Waals surface area (Å²) in [6, 6.07) is 14.2. The Morgan fingerprint density at radius 2 is 1.78 bits per heavy atom. The van der Waals surface area contributed by atoms with E-state index in [1.54, 1.807) is 12.1 Å². The molecule has 0 spiro atoms. The van der Waals surface area contributed by atoms with Crippen molar-refractivity contribution in [2.24, 2.45) is 0 Å². The number of hydrogen-bond acceptors (Lipinski definition) is 5. The first kappa shape index (κ1) is 20.3. The number of imide groups is 1. The van der Waals surface area contributed by atoms with Crippen molar-refractivity contribution in [3.05, 3.63) is 53.6 Å². The van der Waals surface area contributed by atoms with Crippen LogP contribution in [-0.4, -0.2) is 37.7 Å². The highest BCUT2D eigenvalue weighted by atomic mass is 35.5. The molecule has 2 rings (SSSR count). The van der Waals surface area contributed by atoms with E-state index in [0.717, 1.165) is 11.1 Å². The minimum Gasteiger partial charge on any atom is -0.480 e. The number of rotatable bonds is 6. The van der Waals surface area contributed by atoms with Crippen LogP contribution in [0.1, 0.15) is 6.92 Å². The average Bonchev–Trinajstić information content (AvgIpc) is 2.67. The van der Waals surface area contributed by atoms with Gasteiger partial charge in [0, 0.05) is 7.05 Å². The molecule has 0 aromatic heterocycles. The molecule has 2 aromatic rings. The van der Waals surface area contributed by atoms with Crippen LogP contribution in [0.3, 0.4) is 0 Å². The van der Waals surface area contributed by atoms with Crippen LogP contribution in [0.2, 0.25) is 5.02 Å². The molecule has 1 atom stereocenters. The number of benzene rings is 2. The van der Waals surface area contributed by atoms with E-state index < -0.39 is 30.6 Å². The van der Waals surface area contributed by atoms with Crippen LogP contribution in [0.4, 0.5) is 4.79 Å². The molecule has 2 N–H and O–H groups in total. The van der Waals surface area contributed by atoms with Gasteiger partial charge in [0.05, 0.1) is 5.02 Å². The van der Waals surface area contributed by atoms with Crippen molar-refractivity contribution in [3.8, 4) is 16.9 Å². The zero-order valence-electron chi connectivity index (χ0n) is 14.8.